The Bertz CT molecular complexity index is 1030. The quantitative estimate of drug-likeness (QED) is 0.0618. The average molecular weight is 564 g/mol. The molecule has 3 amide bonds. The fourth-order valence-electron chi connectivity index (χ4n) is 3.79. The lowest BCUT2D eigenvalue weighted by Crippen LogP contribution is -2.57. The van der Waals surface area contributed by atoms with Crippen molar-refractivity contribution in [3.63, 3.8) is 0 Å². The van der Waals surface area contributed by atoms with E-state index in [0.717, 1.165) is 5.56 Å². The van der Waals surface area contributed by atoms with Crippen LogP contribution in [0.1, 0.15) is 51.5 Å². The summed E-state index contributed by atoms with van der Waals surface area (Å²) in [5, 5.41) is 26.0. The van der Waals surface area contributed by atoms with E-state index in [-0.39, 0.29) is 50.5 Å². The van der Waals surface area contributed by atoms with E-state index in [4.69, 9.17) is 22.3 Å². The number of aliphatic imine (C=N–C) groups is 1. The van der Waals surface area contributed by atoms with Gasteiger partial charge in [0.15, 0.2) is 5.96 Å². The van der Waals surface area contributed by atoms with Gasteiger partial charge in [0.05, 0.1) is 6.04 Å². The van der Waals surface area contributed by atoms with Crippen LogP contribution in [0.3, 0.4) is 0 Å². The first-order valence-electron chi connectivity index (χ1n) is 13.0. The highest BCUT2D eigenvalue weighted by molar-refractivity contribution is 5.94. The first-order chi connectivity index (χ1) is 18.8. The van der Waals surface area contributed by atoms with Crippen LogP contribution >= 0.6 is 0 Å². The first-order valence-corrected chi connectivity index (χ1v) is 13.0. The van der Waals surface area contributed by atoms with Crippen molar-refractivity contribution in [2.75, 3.05) is 6.54 Å². The van der Waals surface area contributed by atoms with Gasteiger partial charge in [-0.3, -0.25) is 24.2 Å². The molecule has 0 saturated carbocycles. The SMILES string of the molecule is CC(C)CC(NC(=O)C(CCC(=O)O)NC(=O)C(CCCN=C(N)N)NC(=O)C(N)Cc1ccccc1)C(=O)O. The number of aliphatic carboxylic acids is 2. The van der Waals surface area contributed by atoms with Gasteiger partial charge in [-0.15, -0.1) is 0 Å². The predicted molar refractivity (Wildman–Crippen MR) is 148 cm³/mol. The second kappa shape index (κ2) is 17.4. The van der Waals surface area contributed by atoms with E-state index in [0.29, 0.717) is 0 Å². The fraction of sp³-hybridized carbons (Fsp3) is 0.538. The van der Waals surface area contributed by atoms with E-state index in [9.17, 15) is 29.1 Å². The third-order valence-corrected chi connectivity index (χ3v) is 5.82. The van der Waals surface area contributed by atoms with E-state index < -0.39 is 60.2 Å². The van der Waals surface area contributed by atoms with Gasteiger partial charge in [-0.1, -0.05) is 44.2 Å². The molecule has 0 aromatic heterocycles. The molecule has 14 heteroatoms. The number of carboxylic acid groups (broad SMARTS) is 2. The van der Waals surface area contributed by atoms with Gasteiger partial charge in [-0.25, -0.2) is 4.79 Å². The highest BCUT2D eigenvalue weighted by Crippen LogP contribution is 2.09. The zero-order valence-electron chi connectivity index (χ0n) is 22.8. The number of hydrogen-bond acceptors (Lipinski definition) is 7. The molecule has 0 heterocycles. The van der Waals surface area contributed by atoms with Crippen LogP contribution in [0.4, 0.5) is 0 Å². The summed E-state index contributed by atoms with van der Waals surface area (Å²) in [7, 11) is 0. The minimum Gasteiger partial charge on any atom is -0.481 e. The lowest BCUT2D eigenvalue weighted by molar-refractivity contribution is -0.143. The number of benzene rings is 1. The van der Waals surface area contributed by atoms with Crippen LogP contribution in [0.2, 0.25) is 0 Å². The number of guanidine groups is 1. The molecule has 1 aromatic carbocycles. The smallest absolute Gasteiger partial charge is 0.326 e. The third kappa shape index (κ3) is 13.6. The lowest BCUT2D eigenvalue weighted by atomic mass is 10.0. The lowest BCUT2D eigenvalue weighted by Gasteiger charge is -2.25. The van der Waals surface area contributed by atoms with E-state index in [2.05, 4.69) is 20.9 Å². The van der Waals surface area contributed by atoms with Crippen LogP contribution in [0.5, 0.6) is 0 Å². The molecule has 0 aliphatic carbocycles. The average Bonchev–Trinajstić information content (AvgIpc) is 2.87. The summed E-state index contributed by atoms with van der Waals surface area (Å²) in [6.45, 7) is 3.73. The summed E-state index contributed by atoms with van der Waals surface area (Å²) in [4.78, 5) is 65.7. The number of carbonyl (C=O) groups is 5. The Morgan fingerprint density at radius 2 is 1.40 bits per heavy atom. The molecule has 1 aromatic rings. The minimum atomic E-state index is -1.37. The Morgan fingerprint density at radius 3 is 1.93 bits per heavy atom. The minimum absolute atomic E-state index is 0.0571. The van der Waals surface area contributed by atoms with Crippen molar-refractivity contribution in [3.8, 4) is 0 Å². The summed E-state index contributed by atoms with van der Waals surface area (Å²) in [5.74, 6) is -4.91. The molecule has 0 radical (unpaired) electrons. The summed E-state index contributed by atoms with van der Waals surface area (Å²) in [6.07, 6.45) is -0.0716. The van der Waals surface area contributed by atoms with Crippen molar-refractivity contribution in [2.24, 2.45) is 28.1 Å². The van der Waals surface area contributed by atoms with E-state index in [1.807, 2.05) is 18.2 Å². The molecule has 0 bridgehead atoms. The van der Waals surface area contributed by atoms with Crippen LogP contribution in [-0.2, 0) is 30.4 Å². The second-order valence-corrected chi connectivity index (χ2v) is 9.83. The van der Waals surface area contributed by atoms with Crippen LogP contribution in [0.15, 0.2) is 35.3 Å². The number of hydrogen-bond donors (Lipinski definition) is 8. The standard InChI is InChI=1S/C26H41N7O7/c1-15(2)13-20(25(39)40)33-24(38)19(10-11-21(34)35)32-23(37)18(9-6-12-30-26(28)29)31-22(36)17(27)14-16-7-4-3-5-8-16/h3-5,7-8,15,17-20H,6,9-14,27H2,1-2H3,(H,31,36)(H,32,37)(H,33,38)(H,34,35)(H,39,40)(H4,28,29,30). The van der Waals surface area contributed by atoms with Crippen molar-refractivity contribution in [1.29, 1.82) is 0 Å². The molecule has 40 heavy (non-hydrogen) atoms. The zero-order valence-corrected chi connectivity index (χ0v) is 22.8. The van der Waals surface area contributed by atoms with Crippen molar-refractivity contribution < 1.29 is 34.2 Å². The molecule has 0 fully saturated rings. The van der Waals surface area contributed by atoms with Gasteiger partial charge in [-0.05, 0) is 43.6 Å². The Kier molecular flexibility index (Phi) is 14.7. The summed E-state index contributed by atoms with van der Waals surface area (Å²) >= 11 is 0. The van der Waals surface area contributed by atoms with Crippen molar-refractivity contribution >= 4 is 35.6 Å². The van der Waals surface area contributed by atoms with Crippen molar-refractivity contribution in [1.82, 2.24) is 16.0 Å². The molecule has 4 unspecified atom stereocenters. The number of carboxylic acids is 2. The number of nitrogens with one attached hydrogen (secondary N) is 3. The molecular formula is C26H41N7O7. The summed E-state index contributed by atoms with van der Waals surface area (Å²) in [5.41, 5.74) is 17.6. The maximum atomic E-state index is 13.2. The Hall–Kier alpha value is -4.20. The van der Waals surface area contributed by atoms with Crippen LogP contribution < -0.4 is 33.2 Å². The van der Waals surface area contributed by atoms with Gasteiger partial charge in [0.1, 0.15) is 18.1 Å². The molecule has 0 spiro atoms. The fourth-order valence-corrected chi connectivity index (χ4v) is 3.79. The largest absolute Gasteiger partial charge is 0.481 e. The van der Waals surface area contributed by atoms with Gasteiger partial charge >= 0.3 is 11.9 Å². The molecule has 0 aliphatic rings. The molecule has 222 valence electrons. The molecule has 4 atom stereocenters. The molecule has 14 nitrogen and oxygen atoms in total. The number of rotatable bonds is 18. The summed E-state index contributed by atoms with van der Waals surface area (Å²) in [6, 6.07) is 4.31. The number of nitrogens with two attached hydrogens (primary N) is 3. The maximum absolute atomic E-state index is 13.2. The van der Waals surface area contributed by atoms with Crippen molar-refractivity contribution in [2.45, 2.75) is 76.5 Å². The van der Waals surface area contributed by atoms with Gasteiger partial charge in [-0.2, -0.15) is 0 Å². The van der Waals surface area contributed by atoms with Crippen LogP contribution in [-0.4, -0.2) is 76.5 Å². The van der Waals surface area contributed by atoms with E-state index in [1.54, 1.807) is 26.0 Å². The maximum Gasteiger partial charge on any atom is 0.326 e. The highest BCUT2D eigenvalue weighted by Gasteiger charge is 2.30. The number of carbonyl (C=O) groups excluding carboxylic acids is 3. The zero-order chi connectivity index (χ0) is 30.2. The Balaban J connectivity index is 3.06. The number of nitrogens with zero attached hydrogens (tertiary/aromatic N) is 1. The second-order valence-electron chi connectivity index (χ2n) is 9.83. The van der Waals surface area contributed by atoms with E-state index in [1.165, 1.54) is 0 Å². The van der Waals surface area contributed by atoms with E-state index >= 15 is 0 Å². The Morgan fingerprint density at radius 1 is 0.850 bits per heavy atom. The molecule has 0 saturated heterocycles. The van der Waals surface area contributed by atoms with Crippen LogP contribution in [0, 0.1) is 5.92 Å². The normalized spacial score (nSPS) is 13.8. The van der Waals surface area contributed by atoms with Gasteiger partial charge in [0.25, 0.3) is 0 Å². The molecule has 1 rings (SSSR count). The summed E-state index contributed by atoms with van der Waals surface area (Å²) < 4.78 is 0. The highest BCUT2D eigenvalue weighted by atomic mass is 16.4. The number of amides is 3. The molecular weight excluding hydrogens is 522 g/mol. The monoisotopic (exact) mass is 563 g/mol. The predicted octanol–water partition coefficient (Wildman–Crippen LogP) is -0.940. The van der Waals surface area contributed by atoms with Crippen LogP contribution in [0.25, 0.3) is 0 Å². The van der Waals surface area contributed by atoms with Gasteiger partial charge in [0.2, 0.25) is 17.7 Å². The van der Waals surface area contributed by atoms with Gasteiger partial charge < -0.3 is 43.4 Å². The topological polar surface area (TPSA) is 252 Å². The molecule has 11 N–H and O–H groups in total. The Labute approximate surface area is 233 Å². The van der Waals surface area contributed by atoms with Crippen molar-refractivity contribution in [3.05, 3.63) is 35.9 Å². The van der Waals surface area contributed by atoms with Gasteiger partial charge in [0, 0.05) is 13.0 Å². The first kappa shape index (κ1) is 33.8. The molecule has 0 aliphatic heterocycles. The third-order valence-electron chi connectivity index (χ3n) is 5.82.